The molecule has 1 saturated heterocycles. The molecule has 0 aromatic heterocycles. The summed E-state index contributed by atoms with van der Waals surface area (Å²) in [6.45, 7) is 0.258. The molecule has 0 saturated carbocycles. The highest BCUT2D eigenvalue weighted by Gasteiger charge is 2.33. The van der Waals surface area contributed by atoms with Gasteiger partial charge in [0.1, 0.15) is 0 Å². The SMILES string of the molecule is O=S(=O)(c1ccc(Cl)c(Cl)c1)N1CCCCC1CO. The fourth-order valence-corrected chi connectivity index (χ4v) is 4.32. The molecule has 1 aromatic rings. The summed E-state index contributed by atoms with van der Waals surface area (Å²) in [6.07, 6.45) is 2.41. The molecule has 1 N–H and O–H groups in total. The van der Waals surface area contributed by atoms with Gasteiger partial charge in [-0.3, -0.25) is 0 Å². The van der Waals surface area contributed by atoms with E-state index in [-0.39, 0.29) is 22.6 Å². The molecule has 1 heterocycles. The molecule has 1 aromatic carbocycles. The molecule has 1 fully saturated rings. The molecule has 1 aliphatic heterocycles. The van der Waals surface area contributed by atoms with Crippen LogP contribution in [0.4, 0.5) is 0 Å². The van der Waals surface area contributed by atoms with Gasteiger partial charge in [-0.25, -0.2) is 8.42 Å². The van der Waals surface area contributed by atoms with Gasteiger partial charge in [0.2, 0.25) is 10.0 Å². The molecule has 19 heavy (non-hydrogen) atoms. The molecule has 2 rings (SSSR count). The molecule has 7 heteroatoms. The van der Waals surface area contributed by atoms with Crippen molar-refractivity contribution in [3.8, 4) is 0 Å². The summed E-state index contributed by atoms with van der Waals surface area (Å²) < 4.78 is 26.4. The van der Waals surface area contributed by atoms with E-state index in [9.17, 15) is 13.5 Å². The number of benzene rings is 1. The summed E-state index contributed by atoms with van der Waals surface area (Å²) in [7, 11) is -3.63. The molecule has 0 aliphatic carbocycles. The predicted molar refractivity (Wildman–Crippen MR) is 75.1 cm³/mol. The Bertz CT molecular complexity index is 562. The van der Waals surface area contributed by atoms with Gasteiger partial charge in [0.25, 0.3) is 0 Å². The summed E-state index contributed by atoms with van der Waals surface area (Å²) >= 11 is 11.7. The third kappa shape index (κ3) is 3.06. The molecule has 4 nitrogen and oxygen atoms in total. The van der Waals surface area contributed by atoms with E-state index >= 15 is 0 Å². The van der Waals surface area contributed by atoms with E-state index in [1.165, 1.54) is 22.5 Å². The smallest absolute Gasteiger partial charge is 0.243 e. The third-order valence-corrected chi connectivity index (χ3v) is 5.97. The van der Waals surface area contributed by atoms with Gasteiger partial charge in [0, 0.05) is 12.6 Å². The molecule has 106 valence electrons. The molecule has 1 unspecified atom stereocenters. The number of halogens is 2. The lowest BCUT2D eigenvalue weighted by Gasteiger charge is -2.33. The first-order chi connectivity index (χ1) is 8.96. The number of piperidine rings is 1. The number of rotatable bonds is 3. The Balaban J connectivity index is 2.37. The minimum atomic E-state index is -3.63. The van der Waals surface area contributed by atoms with E-state index in [1.54, 1.807) is 0 Å². The highest BCUT2D eigenvalue weighted by Crippen LogP contribution is 2.29. The minimum absolute atomic E-state index is 0.113. The van der Waals surface area contributed by atoms with Gasteiger partial charge >= 0.3 is 0 Å². The van der Waals surface area contributed by atoms with Crippen LogP contribution in [-0.4, -0.2) is 37.0 Å². The number of sulfonamides is 1. The van der Waals surface area contributed by atoms with E-state index in [0.29, 0.717) is 18.0 Å². The van der Waals surface area contributed by atoms with Crippen molar-refractivity contribution < 1.29 is 13.5 Å². The maximum atomic E-state index is 12.5. The molecule has 0 radical (unpaired) electrons. The van der Waals surface area contributed by atoms with Crippen LogP contribution in [0.25, 0.3) is 0 Å². The van der Waals surface area contributed by atoms with Crippen LogP contribution in [0.1, 0.15) is 19.3 Å². The quantitative estimate of drug-likeness (QED) is 0.929. The zero-order valence-corrected chi connectivity index (χ0v) is 12.5. The standard InChI is InChI=1S/C12H15Cl2NO3S/c13-11-5-4-10(7-12(11)14)19(17,18)15-6-2-1-3-9(15)8-16/h4-5,7,9,16H,1-3,6,8H2. The van der Waals surface area contributed by atoms with Crippen molar-refractivity contribution in [2.45, 2.75) is 30.2 Å². The molecule has 1 atom stereocenters. The third-order valence-electron chi connectivity index (χ3n) is 3.28. The van der Waals surface area contributed by atoms with Gasteiger partial charge < -0.3 is 5.11 Å². The Morgan fingerprint density at radius 1 is 1.26 bits per heavy atom. The molecule has 0 bridgehead atoms. The van der Waals surface area contributed by atoms with E-state index in [4.69, 9.17) is 23.2 Å². The highest BCUT2D eigenvalue weighted by atomic mass is 35.5. The van der Waals surface area contributed by atoms with Gasteiger partial charge in [0.15, 0.2) is 0 Å². The lowest BCUT2D eigenvalue weighted by atomic mass is 10.1. The summed E-state index contributed by atoms with van der Waals surface area (Å²) in [6, 6.07) is 3.90. The molecule has 0 amide bonds. The fourth-order valence-electron chi connectivity index (χ4n) is 2.25. The largest absolute Gasteiger partial charge is 0.395 e. The first kappa shape index (κ1) is 15.1. The average molecular weight is 324 g/mol. The molecule has 0 spiro atoms. The van der Waals surface area contributed by atoms with Gasteiger partial charge in [0.05, 0.1) is 21.5 Å². The number of hydrogen-bond donors (Lipinski definition) is 1. The zero-order chi connectivity index (χ0) is 14.0. The highest BCUT2D eigenvalue weighted by molar-refractivity contribution is 7.89. The second kappa shape index (κ2) is 5.97. The summed E-state index contributed by atoms with van der Waals surface area (Å²) in [4.78, 5) is 0.113. The molecular weight excluding hydrogens is 309 g/mol. The topological polar surface area (TPSA) is 57.6 Å². The van der Waals surface area contributed by atoms with E-state index < -0.39 is 10.0 Å². The van der Waals surface area contributed by atoms with Crippen molar-refractivity contribution in [3.63, 3.8) is 0 Å². The van der Waals surface area contributed by atoms with Crippen molar-refractivity contribution in [1.29, 1.82) is 0 Å². The van der Waals surface area contributed by atoms with Crippen LogP contribution in [0.2, 0.25) is 10.0 Å². The Morgan fingerprint density at radius 2 is 2.00 bits per heavy atom. The second-order valence-corrected chi connectivity index (χ2v) is 7.23. The minimum Gasteiger partial charge on any atom is -0.395 e. The first-order valence-corrected chi connectivity index (χ1v) is 8.24. The van der Waals surface area contributed by atoms with E-state index in [1.807, 2.05) is 0 Å². The lowest BCUT2D eigenvalue weighted by molar-refractivity contribution is 0.155. The average Bonchev–Trinajstić information content (AvgIpc) is 2.41. The van der Waals surface area contributed by atoms with Crippen molar-refractivity contribution in [1.82, 2.24) is 4.31 Å². The fraction of sp³-hybridized carbons (Fsp3) is 0.500. The lowest BCUT2D eigenvalue weighted by Crippen LogP contribution is -2.45. The van der Waals surface area contributed by atoms with Crippen molar-refractivity contribution >= 4 is 33.2 Å². The van der Waals surface area contributed by atoms with Crippen LogP contribution in [0, 0.1) is 0 Å². The predicted octanol–water partition coefficient (Wildman–Crippen LogP) is 2.53. The Morgan fingerprint density at radius 3 is 2.63 bits per heavy atom. The van der Waals surface area contributed by atoms with Crippen LogP contribution in [0.3, 0.4) is 0 Å². The van der Waals surface area contributed by atoms with Crippen LogP contribution in [-0.2, 0) is 10.0 Å². The van der Waals surface area contributed by atoms with E-state index in [2.05, 4.69) is 0 Å². The van der Waals surface area contributed by atoms with Crippen molar-refractivity contribution in [3.05, 3.63) is 28.2 Å². The monoisotopic (exact) mass is 323 g/mol. The summed E-state index contributed by atoms with van der Waals surface area (Å²) in [5.41, 5.74) is 0. The van der Waals surface area contributed by atoms with Crippen LogP contribution in [0.5, 0.6) is 0 Å². The number of aliphatic hydroxyl groups excluding tert-OH is 1. The Hall–Kier alpha value is -0.330. The summed E-state index contributed by atoms with van der Waals surface area (Å²) in [5.74, 6) is 0. The number of nitrogens with zero attached hydrogens (tertiary/aromatic N) is 1. The molecule has 1 aliphatic rings. The van der Waals surface area contributed by atoms with Crippen LogP contribution in [0.15, 0.2) is 23.1 Å². The van der Waals surface area contributed by atoms with Gasteiger partial charge in [-0.15, -0.1) is 0 Å². The van der Waals surface area contributed by atoms with Crippen LogP contribution >= 0.6 is 23.2 Å². The maximum Gasteiger partial charge on any atom is 0.243 e. The second-order valence-electron chi connectivity index (χ2n) is 4.52. The van der Waals surface area contributed by atoms with E-state index in [0.717, 1.165) is 12.8 Å². The maximum absolute atomic E-state index is 12.5. The van der Waals surface area contributed by atoms with Gasteiger partial charge in [-0.05, 0) is 31.0 Å². The number of aliphatic hydroxyl groups is 1. The summed E-state index contributed by atoms with van der Waals surface area (Å²) in [5, 5.41) is 9.84. The van der Waals surface area contributed by atoms with Gasteiger partial charge in [-0.2, -0.15) is 4.31 Å². The van der Waals surface area contributed by atoms with Crippen molar-refractivity contribution in [2.24, 2.45) is 0 Å². The number of hydrogen-bond acceptors (Lipinski definition) is 3. The Kier molecular flexibility index (Phi) is 4.74. The van der Waals surface area contributed by atoms with Crippen molar-refractivity contribution in [2.75, 3.05) is 13.2 Å². The normalized spacial score (nSPS) is 21.5. The van der Waals surface area contributed by atoms with Gasteiger partial charge in [-0.1, -0.05) is 29.6 Å². The Labute approximate surface area is 123 Å². The molecular formula is C12H15Cl2NO3S. The first-order valence-electron chi connectivity index (χ1n) is 6.04. The van der Waals surface area contributed by atoms with Crippen LogP contribution < -0.4 is 0 Å². The zero-order valence-electron chi connectivity index (χ0n) is 10.2.